The van der Waals surface area contributed by atoms with E-state index in [-0.39, 0.29) is 0 Å². The number of hydrogen-bond donors (Lipinski definition) is 0. The third-order valence-corrected chi connectivity index (χ3v) is 6.87. The van der Waals surface area contributed by atoms with Crippen LogP contribution in [0.2, 0.25) is 0 Å². The highest BCUT2D eigenvalue weighted by Crippen LogP contribution is 2.35. The average Bonchev–Trinajstić information content (AvgIpc) is 3.46. The number of nitrogens with zero attached hydrogens (tertiary/aromatic N) is 6. The Hall–Kier alpha value is -5.10. The molecule has 0 aliphatic rings. The van der Waals surface area contributed by atoms with Crippen molar-refractivity contribution in [3.05, 3.63) is 109 Å². The molecular formula is C30H18N6. The Labute approximate surface area is 205 Å². The van der Waals surface area contributed by atoms with Gasteiger partial charge in [0, 0.05) is 33.9 Å². The maximum absolute atomic E-state index is 5.20. The first kappa shape index (κ1) is 19.2. The standard InChI is InChI=1S/C30H18N6/c1-5-13-23-19(9-1)20-10-2-6-14-24(20)35(23)29-27-28(32-18-17-31-27)33-30(34-29)36-25-15-7-3-11-21(25)22-12-4-8-16-26(22)36/h1-18H. The van der Waals surface area contributed by atoms with E-state index in [4.69, 9.17) is 9.97 Å². The maximum Gasteiger partial charge on any atom is 0.238 e. The molecule has 0 aliphatic carbocycles. The molecule has 4 aromatic carbocycles. The van der Waals surface area contributed by atoms with Crippen LogP contribution in [0.1, 0.15) is 0 Å². The molecular weight excluding hydrogens is 444 g/mol. The summed E-state index contributed by atoms with van der Waals surface area (Å²) in [6.45, 7) is 0. The Morgan fingerprint density at radius 2 is 0.889 bits per heavy atom. The van der Waals surface area contributed by atoms with Crippen LogP contribution < -0.4 is 0 Å². The molecule has 0 spiro atoms. The number of benzene rings is 4. The molecule has 0 N–H and O–H groups in total. The summed E-state index contributed by atoms with van der Waals surface area (Å²) in [4.78, 5) is 19.4. The summed E-state index contributed by atoms with van der Waals surface area (Å²) in [5.74, 6) is 1.28. The fourth-order valence-corrected chi connectivity index (χ4v) is 5.38. The van der Waals surface area contributed by atoms with E-state index in [0.29, 0.717) is 22.9 Å². The van der Waals surface area contributed by atoms with E-state index in [1.165, 1.54) is 10.8 Å². The van der Waals surface area contributed by atoms with Crippen molar-refractivity contribution in [1.82, 2.24) is 29.1 Å². The zero-order valence-electron chi connectivity index (χ0n) is 19.1. The second-order valence-corrected chi connectivity index (χ2v) is 8.82. The van der Waals surface area contributed by atoms with Gasteiger partial charge in [0.25, 0.3) is 0 Å². The van der Waals surface area contributed by atoms with Crippen LogP contribution in [0.3, 0.4) is 0 Å². The van der Waals surface area contributed by atoms with Gasteiger partial charge in [0.1, 0.15) is 0 Å². The van der Waals surface area contributed by atoms with Crippen molar-refractivity contribution in [3.8, 4) is 11.8 Å². The van der Waals surface area contributed by atoms with Crippen LogP contribution in [-0.4, -0.2) is 29.1 Å². The Kier molecular flexibility index (Phi) is 3.85. The molecule has 0 fully saturated rings. The predicted octanol–water partition coefficient (Wildman–Crippen LogP) is 6.61. The lowest BCUT2D eigenvalue weighted by molar-refractivity contribution is 0.957. The van der Waals surface area contributed by atoms with Crippen LogP contribution in [-0.2, 0) is 0 Å². The molecule has 168 valence electrons. The highest BCUT2D eigenvalue weighted by Gasteiger charge is 2.20. The minimum atomic E-state index is 0.557. The molecule has 0 unspecified atom stereocenters. The van der Waals surface area contributed by atoms with Gasteiger partial charge in [-0.2, -0.15) is 9.97 Å². The lowest BCUT2D eigenvalue weighted by Crippen LogP contribution is -2.08. The summed E-state index contributed by atoms with van der Waals surface area (Å²) in [6.07, 6.45) is 3.38. The molecule has 4 heterocycles. The zero-order valence-corrected chi connectivity index (χ0v) is 19.1. The molecule has 4 aromatic heterocycles. The average molecular weight is 463 g/mol. The van der Waals surface area contributed by atoms with Gasteiger partial charge in [-0.3, -0.25) is 9.13 Å². The van der Waals surface area contributed by atoms with Crippen molar-refractivity contribution in [3.63, 3.8) is 0 Å². The van der Waals surface area contributed by atoms with Crippen LogP contribution in [0.5, 0.6) is 0 Å². The smallest absolute Gasteiger partial charge is 0.238 e. The molecule has 0 saturated carbocycles. The van der Waals surface area contributed by atoms with Gasteiger partial charge in [0.15, 0.2) is 17.0 Å². The van der Waals surface area contributed by atoms with Crippen molar-refractivity contribution in [2.45, 2.75) is 0 Å². The Balaban J connectivity index is 1.55. The number of rotatable bonds is 2. The van der Waals surface area contributed by atoms with Crippen LogP contribution in [0, 0.1) is 0 Å². The quantitative estimate of drug-likeness (QED) is 0.290. The number of aromatic nitrogens is 6. The van der Waals surface area contributed by atoms with Crippen molar-refractivity contribution < 1.29 is 0 Å². The SMILES string of the molecule is c1ccc2c(c1)c1ccccc1n2-c1nc(-n2c3ccccc3c3ccccc32)c2nccnc2n1. The molecule has 6 heteroatoms. The van der Waals surface area contributed by atoms with Gasteiger partial charge < -0.3 is 0 Å². The summed E-state index contributed by atoms with van der Waals surface area (Å²) in [5.41, 5.74) is 5.45. The summed E-state index contributed by atoms with van der Waals surface area (Å²) in [6, 6.07) is 33.5. The fraction of sp³-hybridized carbons (Fsp3) is 0. The lowest BCUT2D eigenvalue weighted by atomic mass is 10.2. The maximum atomic E-state index is 5.20. The Morgan fingerprint density at radius 1 is 0.444 bits per heavy atom. The topological polar surface area (TPSA) is 61.4 Å². The van der Waals surface area contributed by atoms with E-state index in [0.717, 1.165) is 32.8 Å². The van der Waals surface area contributed by atoms with E-state index in [2.05, 4.69) is 104 Å². The molecule has 6 nitrogen and oxygen atoms in total. The first-order valence-electron chi connectivity index (χ1n) is 11.8. The Bertz CT molecular complexity index is 2010. The summed E-state index contributed by atoms with van der Waals surface area (Å²) < 4.78 is 4.30. The van der Waals surface area contributed by atoms with Crippen molar-refractivity contribution in [2.24, 2.45) is 0 Å². The van der Waals surface area contributed by atoms with E-state index < -0.39 is 0 Å². The molecule has 8 aromatic rings. The van der Waals surface area contributed by atoms with Gasteiger partial charge in [0.2, 0.25) is 5.95 Å². The van der Waals surface area contributed by atoms with Gasteiger partial charge in [-0.1, -0.05) is 72.8 Å². The van der Waals surface area contributed by atoms with Gasteiger partial charge in [-0.25, -0.2) is 9.97 Å². The van der Waals surface area contributed by atoms with Crippen LogP contribution in [0.25, 0.3) is 66.5 Å². The molecule has 0 atom stereocenters. The number of hydrogen-bond acceptors (Lipinski definition) is 4. The number of fused-ring (bicyclic) bond motifs is 7. The van der Waals surface area contributed by atoms with E-state index >= 15 is 0 Å². The van der Waals surface area contributed by atoms with Crippen molar-refractivity contribution in [2.75, 3.05) is 0 Å². The van der Waals surface area contributed by atoms with Gasteiger partial charge in [-0.05, 0) is 24.3 Å². The molecule has 0 radical (unpaired) electrons. The minimum absolute atomic E-state index is 0.557. The van der Waals surface area contributed by atoms with E-state index in [1.807, 2.05) is 12.1 Å². The second-order valence-electron chi connectivity index (χ2n) is 8.82. The van der Waals surface area contributed by atoms with Crippen LogP contribution >= 0.6 is 0 Å². The minimum Gasteiger partial charge on any atom is -0.292 e. The van der Waals surface area contributed by atoms with E-state index in [1.54, 1.807) is 12.4 Å². The largest absolute Gasteiger partial charge is 0.292 e. The highest BCUT2D eigenvalue weighted by molar-refractivity contribution is 6.10. The van der Waals surface area contributed by atoms with Crippen LogP contribution in [0.4, 0.5) is 0 Å². The van der Waals surface area contributed by atoms with Crippen molar-refractivity contribution >= 4 is 54.8 Å². The van der Waals surface area contributed by atoms with Gasteiger partial charge in [0.05, 0.1) is 22.1 Å². The molecule has 0 amide bonds. The first-order chi connectivity index (χ1) is 17.9. The Morgan fingerprint density at radius 3 is 1.42 bits per heavy atom. The molecule has 36 heavy (non-hydrogen) atoms. The normalized spacial score (nSPS) is 11.9. The number of para-hydroxylation sites is 4. The van der Waals surface area contributed by atoms with Gasteiger partial charge in [-0.15, -0.1) is 0 Å². The zero-order chi connectivity index (χ0) is 23.6. The fourth-order valence-electron chi connectivity index (χ4n) is 5.38. The molecule has 0 bridgehead atoms. The monoisotopic (exact) mass is 462 g/mol. The van der Waals surface area contributed by atoms with Gasteiger partial charge >= 0.3 is 0 Å². The summed E-state index contributed by atoms with van der Waals surface area (Å²) >= 11 is 0. The third kappa shape index (κ3) is 2.55. The lowest BCUT2D eigenvalue weighted by Gasteiger charge is -2.12. The van der Waals surface area contributed by atoms with E-state index in [9.17, 15) is 0 Å². The summed E-state index contributed by atoms with van der Waals surface area (Å²) in [5, 5.41) is 4.66. The molecule has 0 aliphatic heterocycles. The molecule has 0 saturated heterocycles. The predicted molar refractivity (Wildman–Crippen MR) is 144 cm³/mol. The summed E-state index contributed by atoms with van der Waals surface area (Å²) in [7, 11) is 0. The first-order valence-corrected chi connectivity index (χ1v) is 11.8. The van der Waals surface area contributed by atoms with Crippen LogP contribution in [0.15, 0.2) is 109 Å². The van der Waals surface area contributed by atoms with Crippen molar-refractivity contribution in [1.29, 1.82) is 0 Å². The third-order valence-electron chi connectivity index (χ3n) is 6.87. The highest BCUT2D eigenvalue weighted by atomic mass is 15.2. The second kappa shape index (κ2) is 7.20. The molecule has 8 rings (SSSR count).